The second-order valence-corrected chi connectivity index (χ2v) is 9.04. The van der Waals surface area contributed by atoms with E-state index in [0.717, 1.165) is 26.9 Å². The molecule has 0 saturated carbocycles. The van der Waals surface area contributed by atoms with Crippen molar-refractivity contribution in [1.82, 2.24) is 15.3 Å². The van der Waals surface area contributed by atoms with Crippen LogP contribution in [-0.2, 0) is 6.54 Å². The monoisotopic (exact) mass is 487 g/mol. The Kier molecular flexibility index (Phi) is 5.18. The highest BCUT2D eigenvalue weighted by molar-refractivity contribution is 7.17. The Hall–Kier alpha value is -4.24. The van der Waals surface area contributed by atoms with E-state index < -0.39 is 0 Å². The third-order valence-corrected chi connectivity index (χ3v) is 6.80. The number of carbonyl (C=O) groups excluding carboxylic acids is 1. The van der Waals surface area contributed by atoms with Crippen molar-refractivity contribution in [3.63, 3.8) is 0 Å². The second kappa shape index (κ2) is 8.52. The summed E-state index contributed by atoms with van der Waals surface area (Å²) in [6.07, 6.45) is 3.48. The number of hydrogen-bond acceptors (Lipinski definition) is 5. The number of benzene rings is 2. The molecule has 0 saturated heterocycles. The maximum atomic E-state index is 13.4. The molecule has 4 heterocycles. The van der Waals surface area contributed by atoms with Crippen molar-refractivity contribution < 1.29 is 22.9 Å². The molecule has 0 spiro atoms. The number of H-pyrrole nitrogens is 1. The normalized spacial score (nSPS) is 11.5. The van der Waals surface area contributed by atoms with E-state index in [1.54, 1.807) is 42.9 Å². The zero-order valence-electron chi connectivity index (χ0n) is 18.7. The molecule has 6 rings (SSSR count). The molecule has 4 aromatic heterocycles. The molecule has 6 aromatic rings. The van der Waals surface area contributed by atoms with Crippen LogP contribution in [0.2, 0.25) is 0 Å². The van der Waals surface area contributed by atoms with Gasteiger partial charge in [-0.15, -0.1) is 11.3 Å². The number of nitrogens with one attached hydrogen (secondary N) is 2. The maximum Gasteiger partial charge on any atom is 0.255 e. The maximum absolute atomic E-state index is 13.4. The van der Waals surface area contributed by atoms with Gasteiger partial charge in [0.25, 0.3) is 5.91 Å². The number of hydrogen-bond donors (Lipinski definition) is 2. The van der Waals surface area contributed by atoms with Crippen LogP contribution in [0.3, 0.4) is 0 Å². The molecule has 0 radical (unpaired) electrons. The van der Waals surface area contributed by atoms with Crippen LogP contribution in [-0.4, -0.2) is 22.4 Å². The second-order valence-electron chi connectivity index (χ2n) is 8.12. The van der Waals surface area contributed by atoms with Crippen LogP contribution >= 0.6 is 11.3 Å². The number of ether oxygens (including phenoxy) is 1. The van der Waals surface area contributed by atoms with E-state index >= 15 is 0 Å². The molecule has 0 atom stereocenters. The third kappa shape index (κ3) is 3.89. The van der Waals surface area contributed by atoms with Gasteiger partial charge in [0.1, 0.15) is 35.2 Å². The lowest BCUT2D eigenvalue weighted by Gasteiger charge is -2.07. The van der Waals surface area contributed by atoms with Crippen molar-refractivity contribution in [3.8, 4) is 11.5 Å². The number of fused-ring (bicyclic) bond motifs is 3. The van der Waals surface area contributed by atoms with Crippen molar-refractivity contribution in [3.05, 3.63) is 83.6 Å². The summed E-state index contributed by atoms with van der Waals surface area (Å²) in [6, 6.07) is 13.8. The highest BCUT2D eigenvalue weighted by Gasteiger charge is 2.19. The molecule has 9 heteroatoms. The number of rotatable bonds is 6. The highest BCUT2D eigenvalue weighted by Crippen LogP contribution is 2.35. The van der Waals surface area contributed by atoms with Crippen molar-refractivity contribution in [2.45, 2.75) is 13.5 Å². The molecule has 174 valence electrons. The number of thiophene rings is 1. The molecule has 0 bridgehead atoms. The van der Waals surface area contributed by atoms with Crippen LogP contribution in [0.15, 0.2) is 70.9 Å². The van der Waals surface area contributed by atoms with E-state index in [1.807, 2.05) is 34.2 Å². The van der Waals surface area contributed by atoms with E-state index in [1.165, 1.54) is 12.1 Å². The average Bonchev–Trinajstić information content (AvgIpc) is 3.55. The van der Waals surface area contributed by atoms with Gasteiger partial charge in [-0.2, -0.15) is 0 Å². The van der Waals surface area contributed by atoms with Crippen molar-refractivity contribution in [2.24, 2.45) is 0 Å². The standard InChI is InChI=1S/C26H19FN4O3S/c1-15-24(26(32)29-9-10-31-14-30-20-12-16(27)2-5-21(20)31)18-4-3-17(13-23(18)33-15)34-22-6-8-28-19-7-11-35-25(19)22/h2-8,11-14H,9-10H2,1H3,(H,29,32)/p+1. The predicted molar refractivity (Wildman–Crippen MR) is 131 cm³/mol. The fraction of sp³-hybridized carbons (Fsp3) is 0.115. The first-order valence-electron chi connectivity index (χ1n) is 11.0. The zero-order chi connectivity index (χ0) is 23.9. The first kappa shape index (κ1) is 21.3. The van der Waals surface area contributed by atoms with Gasteiger partial charge in [0.2, 0.25) is 6.33 Å². The minimum atomic E-state index is -0.295. The Morgan fingerprint density at radius 1 is 1.23 bits per heavy atom. The summed E-state index contributed by atoms with van der Waals surface area (Å²) in [6.45, 7) is 2.71. The number of imidazole rings is 1. The van der Waals surface area contributed by atoms with Gasteiger partial charge in [-0.25, -0.2) is 13.9 Å². The largest absolute Gasteiger partial charge is 0.460 e. The quantitative estimate of drug-likeness (QED) is 0.305. The number of nitrogens with zero attached hydrogens (tertiary/aromatic N) is 2. The Balaban J connectivity index is 1.19. The molecule has 35 heavy (non-hydrogen) atoms. The molecule has 0 aliphatic heterocycles. The first-order valence-corrected chi connectivity index (χ1v) is 11.9. The Labute approximate surface area is 202 Å². The van der Waals surface area contributed by atoms with Gasteiger partial charge in [-0.05, 0) is 42.6 Å². The molecular weight excluding hydrogens is 467 g/mol. The number of amides is 1. The number of aromatic amines is 1. The number of carbonyl (C=O) groups is 1. The van der Waals surface area contributed by atoms with Gasteiger partial charge in [-0.1, -0.05) is 0 Å². The highest BCUT2D eigenvalue weighted by atomic mass is 32.1. The molecule has 2 aromatic carbocycles. The summed E-state index contributed by atoms with van der Waals surface area (Å²) in [7, 11) is 0. The number of furan rings is 1. The third-order valence-electron chi connectivity index (χ3n) is 5.88. The van der Waals surface area contributed by atoms with Crippen LogP contribution < -0.4 is 14.6 Å². The topological polar surface area (TPSA) is 84.0 Å². The van der Waals surface area contributed by atoms with Crippen LogP contribution in [0.4, 0.5) is 4.39 Å². The van der Waals surface area contributed by atoms with Crippen LogP contribution in [0.1, 0.15) is 16.1 Å². The summed E-state index contributed by atoms with van der Waals surface area (Å²) in [5.74, 6) is 1.37. The van der Waals surface area contributed by atoms with Gasteiger partial charge < -0.3 is 14.5 Å². The van der Waals surface area contributed by atoms with E-state index in [9.17, 15) is 9.18 Å². The lowest BCUT2D eigenvalue weighted by atomic mass is 10.1. The van der Waals surface area contributed by atoms with E-state index in [0.29, 0.717) is 41.3 Å². The van der Waals surface area contributed by atoms with Crippen LogP contribution in [0, 0.1) is 12.7 Å². The zero-order valence-corrected chi connectivity index (χ0v) is 19.5. The molecular formula is C26H20FN4O3S+. The Morgan fingerprint density at radius 2 is 2.14 bits per heavy atom. The number of aryl methyl sites for hydroxylation is 1. The van der Waals surface area contributed by atoms with E-state index in [4.69, 9.17) is 9.15 Å². The minimum Gasteiger partial charge on any atom is -0.460 e. The first-order chi connectivity index (χ1) is 17.1. The van der Waals surface area contributed by atoms with Crippen molar-refractivity contribution in [2.75, 3.05) is 6.54 Å². The minimum absolute atomic E-state index is 0.212. The summed E-state index contributed by atoms with van der Waals surface area (Å²) >= 11 is 1.57. The summed E-state index contributed by atoms with van der Waals surface area (Å²) in [5.41, 5.74) is 3.54. The van der Waals surface area contributed by atoms with Gasteiger partial charge in [0.15, 0.2) is 11.0 Å². The Bertz CT molecular complexity index is 1720. The van der Waals surface area contributed by atoms with Crippen LogP contribution in [0.25, 0.3) is 32.2 Å². The Morgan fingerprint density at radius 3 is 3.06 bits per heavy atom. The van der Waals surface area contributed by atoms with Gasteiger partial charge in [-0.3, -0.25) is 9.78 Å². The smallest absolute Gasteiger partial charge is 0.255 e. The summed E-state index contributed by atoms with van der Waals surface area (Å²) in [5, 5.41) is 5.66. The van der Waals surface area contributed by atoms with Crippen molar-refractivity contribution in [1.29, 1.82) is 0 Å². The number of pyridine rings is 1. The number of aromatic nitrogens is 3. The molecule has 0 fully saturated rings. The van der Waals surface area contributed by atoms with Gasteiger partial charge in [0.05, 0.1) is 22.3 Å². The molecule has 0 unspecified atom stereocenters. The number of halogens is 1. The van der Waals surface area contributed by atoms with Crippen molar-refractivity contribution >= 4 is 49.5 Å². The lowest BCUT2D eigenvalue weighted by molar-refractivity contribution is -0.669. The average molecular weight is 488 g/mol. The molecule has 7 nitrogen and oxygen atoms in total. The van der Waals surface area contributed by atoms with E-state index in [2.05, 4.69) is 15.3 Å². The molecule has 0 aliphatic carbocycles. The lowest BCUT2D eigenvalue weighted by Crippen LogP contribution is -2.39. The summed E-state index contributed by atoms with van der Waals surface area (Å²) in [4.78, 5) is 20.4. The predicted octanol–water partition coefficient (Wildman–Crippen LogP) is 5.48. The van der Waals surface area contributed by atoms with E-state index in [-0.39, 0.29) is 11.7 Å². The molecule has 2 N–H and O–H groups in total. The summed E-state index contributed by atoms with van der Waals surface area (Å²) < 4.78 is 28.3. The molecule has 0 aliphatic rings. The molecule has 1 amide bonds. The fourth-order valence-corrected chi connectivity index (χ4v) is 5.06. The van der Waals surface area contributed by atoms with Crippen LogP contribution in [0.5, 0.6) is 11.5 Å². The SMILES string of the molecule is Cc1oc2cc(Oc3ccnc4ccsc34)ccc2c1C(=O)NCC[n+]1c[nH]c2cc(F)ccc21. The van der Waals surface area contributed by atoms with Gasteiger partial charge in [0, 0.05) is 29.8 Å². The van der Waals surface area contributed by atoms with Gasteiger partial charge >= 0.3 is 0 Å². The fourth-order valence-electron chi connectivity index (χ4n) is 4.26.